The first-order valence-corrected chi connectivity index (χ1v) is 9.85. The Morgan fingerprint density at radius 3 is 2.60 bits per heavy atom. The van der Waals surface area contributed by atoms with Gasteiger partial charge in [-0.05, 0) is 61.0 Å². The fourth-order valence-corrected chi connectivity index (χ4v) is 4.00. The monoisotopic (exact) mass is 420 g/mol. The highest BCUT2D eigenvalue weighted by molar-refractivity contribution is 8.19. The van der Waals surface area contributed by atoms with E-state index in [1.54, 1.807) is 36.4 Å². The Bertz CT molecular complexity index is 1230. The first-order valence-electron chi connectivity index (χ1n) is 9.04. The van der Waals surface area contributed by atoms with Crippen molar-refractivity contribution in [1.29, 1.82) is 0 Å². The summed E-state index contributed by atoms with van der Waals surface area (Å²) in [5.41, 5.74) is 2.58. The van der Waals surface area contributed by atoms with Crippen molar-refractivity contribution < 1.29 is 18.9 Å². The van der Waals surface area contributed by atoms with E-state index in [1.807, 2.05) is 26.0 Å². The molecule has 30 heavy (non-hydrogen) atoms. The van der Waals surface area contributed by atoms with Crippen molar-refractivity contribution in [1.82, 2.24) is 0 Å². The van der Waals surface area contributed by atoms with Crippen LogP contribution in [0.15, 0.2) is 63.9 Å². The molecule has 150 valence electrons. The molecule has 4 rings (SSSR count). The Kier molecular flexibility index (Phi) is 5.01. The van der Waals surface area contributed by atoms with Crippen LogP contribution in [0.5, 0.6) is 0 Å². The molecule has 8 heteroatoms. The third kappa shape index (κ3) is 3.53. The summed E-state index contributed by atoms with van der Waals surface area (Å²) in [6.07, 6.45) is 1.48. The second-order valence-corrected chi connectivity index (χ2v) is 7.78. The minimum absolute atomic E-state index is 0.0753. The third-order valence-electron chi connectivity index (χ3n) is 4.67. The highest BCUT2D eigenvalue weighted by Gasteiger charge is 2.37. The Morgan fingerprint density at radius 1 is 1.07 bits per heavy atom. The number of anilines is 1. The van der Waals surface area contributed by atoms with Gasteiger partial charge >= 0.3 is 0 Å². The fourth-order valence-electron chi connectivity index (χ4n) is 3.18. The zero-order valence-corrected chi connectivity index (χ0v) is 16.9. The van der Waals surface area contributed by atoms with Crippen molar-refractivity contribution in [3.8, 4) is 11.3 Å². The SMILES string of the molecule is Cc1ccc(C)c(N2C(=O)S/C(=C/c3ccc(-c4ccccc4[N+](=O)[O-])o3)C2=O)c1. The lowest BCUT2D eigenvalue weighted by molar-refractivity contribution is -0.384. The summed E-state index contributed by atoms with van der Waals surface area (Å²) in [6, 6.07) is 15.0. The molecule has 1 fully saturated rings. The van der Waals surface area contributed by atoms with E-state index in [1.165, 1.54) is 12.1 Å². The number of nitro groups is 1. The zero-order chi connectivity index (χ0) is 21.4. The molecule has 0 spiro atoms. The van der Waals surface area contributed by atoms with Crippen LogP contribution in [-0.4, -0.2) is 16.1 Å². The summed E-state index contributed by atoms with van der Waals surface area (Å²) in [5, 5.41) is 10.9. The van der Waals surface area contributed by atoms with Crippen LogP contribution in [0.1, 0.15) is 16.9 Å². The maximum Gasteiger partial charge on any atom is 0.298 e. The number of para-hydroxylation sites is 1. The molecule has 0 N–H and O–H groups in total. The number of aryl methyl sites for hydroxylation is 2. The van der Waals surface area contributed by atoms with Gasteiger partial charge in [0.15, 0.2) is 0 Å². The van der Waals surface area contributed by atoms with E-state index < -0.39 is 10.8 Å². The molecule has 1 saturated heterocycles. The number of thioether (sulfide) groups is 1. The van der Waals surface area contributed by atoms with E-state index in [0.717, 1.165) is 27.8 Å². The van der Waals surface area contributed by atoms with Gasteiger partial charge in [-0.2, -0.15) is 0 Å². The lowest BCUT2D eigenvalue weighted by atomic mass is 10.1. The molecule has 7 nitrogen and oxygen atoms in total. The number of furan rings is 1. The summed E-state index contributed by atoms with van der Waals surface area (Å²) < 4.78 is 5.71. The molecule has 2 heterocycles. The van der Waals surface area contributed by atoms with E-state index >= 15 is 0 Å². The topological polar surface area (TPSA) is 93.7 Å². The number of nitro benzene ring substituents is 1. The first-order chi connectivity index (χ1) is 14.3. The van der Waals surface area contributed by atoms with Gasteiger partial charge in [0.2, 0.25) is 0 Å². The maximum absolute atomic E-state index is 12.9. The molecule has 0 bridgehead atoms. The lowest BCUT2D eigenvalue weighted by Gasteiger charge is -2.15. The molecule has 2 amide bonds. The standard InChI is InChI=1S/C22H16N2O5S/c1-13-7-8-14(2)18(11-13)23-21(25)20(30-22(23)26)12-15-9-10-19(29-15)16-5-3-4-6-17(16)24(27)28/h3-12H,1-2H3/b20-12+. The van der Waals surface area contributed by atoms with Gasteiger partial charge in [-0.15, -0.1) is 0 Å². The summed E-state index contributed by atoms with van der Waals surface area (Å²) in [5.74, 6) is 0.208. The minimum atomic E-state index is -0.479. The number of rotatable bonds is 4. The fraction of sp³-hybridized carbons (Fsp3) is 0.0909. The number of amides is 2. The van der Waals surface area contributed by atoms with Crippen LogP contribution < -0.4 is 4.90 Å². The molecule has 0 aliphatic carbocycles. The average Bonchev–Trinajstić information content (AvgIpc) is 3.28. The Labute approximate surface area is 176 Å². The number of imide groups is 1. The number of carbonyl (C=O) groups is 2. The van der Waals surface area contributed by atoms with Gasteiger partial charge in [0.25, 0.3) is 16.8 Å². The quantitative estimate of drug-likeness (QED) is 0.305. The van der Waals surface area contributed by atoms with Gasteiger partial charge in [0, 0.05) is 12.1 Å². The molecular formula is C22H16N2O5S. The van der Waals surface area contributed by atoms with Crippen molar-refractivity contribution in [3.63, 3.8) is 0 Å². The molecule has 1 aromatic heterocycles. The molecule has 2 aromatic carbocycles. The highest BCUT2D eigenvalue weighted by Crippen LogP contribution is 2.38. The highest BCUT2D eigenvalue weighted by atomic mass is 32.2. The Morgan fingerprint density at radius 2 is 1.83 bits per heavy atom. The van der Waals surface area contributed by atoms with Crippen LogP contribution in [0.3, 0.4) is 0 Å². The van der Waals surface area contributed by atoms with Gasteiger partial charge in [0.1, 0.15) is 11.5 Å². The van der Waals surface area contributed by atoms with Crippen LogP contribution in [0.4, 0.5) is 16.2 Å². The Balaban J connectivity index is 1.66. The van der Waals surface area contributed by atoms with Crippen LogP contribution in [0, 0.1) is 24.0 Å². The molecule has 0 atom stereocenters. The van der Waals surface area contributed by atoms with Gasteiger partial charge in [0.05, 0.1) is 21.1 Å². The van der Waals surface area contributed by atoms with Crippen molar-refractivity contribution in [2.75, 3.05) is 4.90 Å². The van der Waals surface area contributed by atoms with Crippen LogP contribution in [0.2, 0.25) is 0 Å². The third-order valence-corrected chi connectivity index (χ3v) is 5.54. The van der Waals surface area contributed by atoms with Gasteiger partial charge in [-0.3, -0.25) is 19.7 Å². The van der Waals surface area contributed by atoms with Gasteiger partial charge in [-0.1, -0.05) is 24.3 Å². The molecule has 0 saturated carbocycles. The summed E-state index contributed by atoms with van der Waals surface area (Å²) in [4.78, 5) is 37.6. The normalized spacial score (nSPS) is 15.3. The van der Waals surface area contributed by atoms with E-state index in [4.69, 9.17) is 4.42 Å². The largest absolute Gasteiger partial charge is 0.456 e. The van der Waals surface area contributed by atoms with Crippen LogP contribution in [0.25, 0.3) is 17.4 Å². The van der Waals surface area contributed by atoms with Crippen LogP contribution in [-0.2, 0) is 4.79 Å². The predicted molar refractivity (Wildman–Crippen MR) is 115 cm³/mol. The van der Waals surface area contributed by atoms with Gasteiger partial charge in [-0.25, -0.2) is 4.90 Å². The second kappa shape index (κ2) is 7.64. The van der Waals surface area contributed by atoms with Crippen molar-refractivity contribution in [2.45, 2.75) is 13.8 Å². The molecule has 1 aliphatic heterocycles. The molecule has 0 radical (unpaired) electrons. The molecular weight excluding hydrogens is 404 g/mol. The summed E-state index contributed by atoms with van der Waals surface area (Å²) in [6.45, 7) is 3.73. The number of benzene rings is 2. The van der Waals surface area contributed by atoms with E-state index in [0.29, 0.717) is 22.8 Å². The zero-order valence-electron chi connectivity index (χ0n) is 16.1. The van der Waals surface area contributed by atoms with Crippen molar-refractivity contribution in [2.24, 2.45) is 0 Å². The first kappa shape index (κ1) is 19.7. The summed E-state index contributed by atoms with van der Waals surface area (Å²) >= 11 is 0.829. The average molecular weight is 420 g/mol. The van der Waals surface area contributed by atoms with Crippen molar-refractivity contribution in [3.05, 3.63) is 86.5 Å². The van der Waals surface area contributed by atoms with E-state index in [9.17, 15) is 19.7 Å². The molecule has 1 aliphatic rings. The van der Waals surface area contributed by atoms with E-state index in [2.05, 4.69) is 0 Å². The number of nitrogens with zero attached hydrogens (tertiary/aromatic N) is 2. The minimum Gasteiger partial charge on any atom is -0.456 e. The summed E-state index contributed by atoms with van der Waals surface area (Å²) in [7, 11) is 0. The van der Waals surface area contributed by atoms with Crippen molar-refractivity contribution >= 4 is 40.4 Å². The molecule has 0 unspecified atom stereocenters. The van der Waals surface area contributed by atoms with Gasteiger partial charge < -0.3 is 4.42 Å². The number of carbonyl (C=O) groups excluding carboxylic acids is 2. The predicted octanol–water partition coefficient (Wildman–Crippen LogP) is 5.71. The van der Waals surface area contributed by atoms with E-state index in [-0.39, 0.29) is 15.8 Å². The second-order valence-electron chi connectivity index (χ2n) is 6.78. The number of hydrogen-bond acceptors (Lipinski definition) is 6. The smallest absolute Gasteiger partial charge is 0.298 e. The number of hydrogen-bond donors (Lipinski definition) is 0. The van der Waals surface area contributed by atoms with Crippen LogP contribution >= 0.6 is 11.8 Å². The molecule has 3 aromatic rings. The lowest BCUT2D eigenvalue weighted by Crippen LogP contribution is -2.28. The maximum atomic E-state index is 12.9. The Hall–Kier alpha value is -3.65.